The summed E-state index contributed by atoms with van der Waals surface area (Å²) >= 11 is 16.2. The van der Waals surface area contributed by atoms with Crippen LogP contribution in [0.2, 0.25) is 10.0 Å². The van der Waals surface area contributed by atoms with Crippen LogP contribution in [-0.2, 0) is 18.4 Å². The van der Waals surface area contributed by atoms with Crippen molar-refractivity contribution < 1.29 is 0 Å². The molecular formula is C7H5Cl2S-. The quantitative estimate of drug-likeness (QED) is 0.616. The highest BCUT2D eigenvalue weighted by Gasteiger charge is 1.91. The lowest BCUT2D eigenvalue weighted by molar-refractivity contribution is 1.43. The molecule has 0 aliphatic carbocycles. The van der Waals surface area contributed by atoms with E-state index in [4.69, 9.17) is 35.8 Å². The lowest BCUT2D eigenvalue weighted by Crippen LogP contribution is -1.79. The van der Waals surface area contributed by atoms with Crippen LogP contribution in [0.4, 0.5) is 0 Å². The SMILES string of the molecule is [S-]Cc1cc(Cl)cc(Cl)c1. The van der Waals surface area contributed by atoms with Gasteiger partial charge in [0.25, 0.3) is 0 Å². The van der Waals surface area contributed by atoms with Crippen LogP contribution >= 0.6 is 23.2 Å². The average molecular weight is 192 g/mol. The minimum atomic E-state index is 0.556. The molecule has 3 heteroatoms. The van der Waals surface area contributed by atoms with Crippen LogP contribution in [0, 0.1) is 0 Å². The summed E-state index contributed by atoms with van der Waals surface area (Å²) in [5, 5.41) is 1.29. The molecule has 0 radical (unpaired) electrons. The first-order chi connectivity index (χ1) is 4.72. The molecule has 0 unspecified atom stereocenters. The van der Waals surface area contributed by atoms with Gasteiger partial charge in [-0.25, -0.2) is 0 Å². The summed E-state index contributed by atoms with van der Waals surface area (Å²) in [6.45, 7) is 0. The molecule has 0 heterocycles. The highest BCUT2D eigenvalue weighted by molar-refractivity contribution is 7.57. The Labute approximate surface area is 75.6 Å². The summed E-state index contributed by atoms with van der Waals surface area (Å²) in [5.74, 6) is 0.556. The fourth-order valence-corrected chi connectivity index (χ4v) is 1.43. The Balaban J connectivity index is 3.06. The van der Waals surface area contributed by atoms with Crippen molar-refractivity contribution in [2.24, 2.45) is 0 Å². The third kappa shape index (κ3) is 2.08. The van der Waals surface area contributed by atoms with Crippen LogP contribution in [-0.4, -0.2) is 0 Å². The predicted octanol–water partition coefficient (Wildman–Crippen LogP) is 3.04. The Morgan fingerprint density at radius 3 is 2.00 bits per heavy atom. The molecule has 54 valence electrons. The van der Waals surface area contributed by atoms with Gasteiger partial charge in [-0.15, -0.1) is 0 Å². The van der Waals surface area contributed by atoms with Gasteiger partial charge < -0.3 is 12.6 Å². The second-order valence-corrected chi connectivity index (χ2v) is 3.08. The lowest BCUT2D eigenvalue weighted by Gasteiger charge is -2.04. The van der Waals surface area contributed by atoms with E-state index in [1.165, 1.54) is 0 Å². The fourth-order valence-electron chi connectivity index (χ4n) is 0.694. The van der Waals surface area contributed by atoms with Crippen LogP contribution in [0.3, 0.4) is 0 Å². The number of rotatable bonds is 1. The molecule has 1 rings (SSSR count). The van der Waals surface area contributed by atoms with Crippen molar-refractivity contribution in [2.45, 2.75) is 5.75 Å². The van der Waals surface area contributed by atoms with Gasteiger partial charge in [-0.05, 0) is 18.2 Å². The van der Waals surface area contributed by atoms with Crippen LogP contribution in [0.15, 0.2) is 18.2 Å². The molecule has 0 saturated heterocycles. The van der Waals surface area contributed by atoms with Gasteiger partial charge in [-0.3, -0.25) is 0 Å². The van der Waals surface area contributed by atoms with E-state index in [-0.39, 0.29) is 0 Å². The van der Waals surface area contributed by atoms with Gasteiger partial charge >= 0.3 is 0 Å². The maximum atomic E-state index is 5.70. The lowest BCUT2D eigenvalue weighted by atomic mass is 10.2. The van der Waals surface area contributed by atoms with E-state index in [2.05, 4.69) is 0 Å². The monoisotopic (exact) mass is 191 g/mol. The zero-order valence-corrected chi connectivity index (χ0v) is 7.43. The van der Waals surface area contributed by atoms with Gasteiger partial charge in [0.15, 0.2) is 0 Å². The third-order valence-electron chi connectivity index (χ3n) is 1.09. The highest BCUT2D eigenvalue weighted by Crippen LogP contribution is 2.18. The second-order valence-electron chi connectivity index (χ2n) is 1.92. The summed E-state index contributed by atoms with van der Waals surface area (Å²) < 4.78 is 0. The molecule has 0 fully saturated rings. The minimum absolute atomic E-state index is 0.556. The van der Waals surface area contributed by atoms with E-state index >= 15 is 0 Å². The number of halogens is 2. The van der Waals surface area contributed by atoms with Gasteiger partial charge in [0, 0.05) is 10.0 Å². The van der Waals surface area contributed by atoms with Gasteiger partial charge in [0.2, 0.25) is 0 Å². The Kier molecular flexibility index (Phi) is 2.90. The van der Waals surface area contributed by atoms with E-state index in [0.717, 1.165) is 5.56 Å². The molecule has 1 aromatic carbocycles. The average Bonchev–Trinajstić information content (AvgIpc) is 1.85. The normalized spacial score (nSPS) is 9.90. The molecule has 0 N–H and O–H groups in total. The molecular weight excluding hydrogens is 187 g/mol. The van der Waals surface area contributed by atoms with Crippen LogP contribution in [0.25, 0.3) is 0 Å². The van der Waals surface area contributed by atoms with Gasteiger partial charge in [-0.1, -0.05) is 28.8 Å². The first-order valence-corrected chi connectivity index (χ1v) is 4.09. The highest BCUT2D eigenvalue weighted by atomic mass is 35.5. The van der Waals surface area contributed by atoms with Crippen LogP contribution in [0.5, 0.6) is 0 Å². The van der Waals surface area contributed by atoms with Crippen molar-refractivity contribution in [3.8, 4) is 0 Å². The summed E-state index contributed by atoms with van der Waals surface area (Å²) in [7, 11) is 0. The van der Waals surface area contributed by atoms with E-state index in [1.54, 1.807) is 6.07 Å². The molecule has 0 aromatic heterocycles. The zero-order valence-electron chi connectivity index (χ0n) is 5.10. The second kappa shape index (κ2) is 3.51. The molecule has 1 aromatic rings. The molecule has 0 nitrogen and oxygen atoms in total. The number of benzene rings is 1. The topological polar surface area (TPSA) is 0 Å². The first kappa shape index (κ1) is 8.25. The van der Waals surface area contributed by atoms with Crippen molar-refractivity contribution in [3.63, 3.8) is 0 Å². The Bertz CT molecular complexity index is 215. The predicted molar refractivity (Wildman–Crippen MR) is 47.5 cm³/mol. The van der Waals surface area contributed by atoms with E-state index in [9.17, 15) is 0 Å². The smallest absolute Gasteiger partial charge is 0.0422 e. The van der Waals surface area contributed by atoms with Gasteiger partial charge in [-0.2, -0.15) is 5.75 Å². The van der Waals surface area contributed by atoms with Crippen molar-refractivity contribution in [1.82, 2.24) is 0 Å². The number of hydrogen-bond donors (Lipinski definition) is 0. The first-order valence-electron chi connectivity index (χ1n) is 2.75. The molecule has 0 amide bonds. The van der Waals surface area contributed by atoms with Gasteiger partial charge in [0.1, 0.15) is 0 Å². The Morgan fingerprint density at radius 1 is 1.10 bits per heavy atom. The Morgan fingerprint density at radius 2 is 1.60 bits per heavy atom. The largest absolute Gasteiger partial charge is 0.788 e. The molecule has 0 saturated carbocycles. The van der Waals surface area contributed by atoms with Crippen molar-refractivity contribution in [3.05, 3.63) is 33.8 Å². The summed E-state index contributed by atoms with van der Waals surface area (Å²) in [6, 6.07) is 5.33. The Hall–Kier alpha value is 0.150. The summed E-state index contributed by atoms with van der Waals surface area (Å²) in [5.41, 5.74) is 0.993. The number of hydrogen-bond acceptors (Lipinski definition) is 1. The van der Waals surface area contributed by atoms with Crippen molar-refractivity contribution in [1.29, 1.82) is 0 Å². The zero-order chi connectivity index (χ0) is 7.56. The molecule has 0 atom stereocenters. The summed E-state index contributed by atoms with van der Waals surface area (Å²) in [4.78, 5) is 0. The molecule has 0 aliphatic heterocycles. The standard InChI is InChI=1S/C7H6Cl2S/c8-6-1-5(4-10)2-7(9)3-6/h1-3,10H,4H2/p-1. The fraction of sp³-hybridized carbons (Fsp3) is 0.143. The minimum Gasteiger partial charge on any atom is -0.788 e. The van der Waals surface area contributed by atoms with Crippen LogP contribution < -0.4 is 0 Å². The van der Waals surface area contributed by atoms with Crippen molar-refractivity contribution in [2.75, 3.05) is 0 Å². The maximum absolute atomic E-state index is 5.70. The molecule has 0 spiro atoms. The van der Waals surface area contributed by atoms with E-state index in [0.29, 0.717) is 15.8 Å². The van der Waals surface area contributed by atoms with E-state index in [1.807, 2.05) is 12.1 Å². The van der Waals surface area contributed by atoms with Crippen LogP contribution in [0.1, 0.15) is 5.56 Å². The maximum Gasteiger partial charge on any atom is 0.0422 e. The van der Waals surface area contributed by atoms with Crippen molar-refractivity contribution >= 4 is 35.8 Å². The summed E-state index contributed by atoms with van der Waals surface area (Å²) in [6.07, 6.45) is 0. The molecule has 0 aliphatic rings. The van der Waals surface area contributed by atoms with Gasteiger partial charge in [0.05, 0.1) is 0 Å². The molecule has 0 bridgehead atoms. The third-order valence-corrected chi connectivity index (χ3v) is 1.86. The van der Waals surface area contributed by atoms with E-state index < -0.39 is 0 Å². The molecule has 10 heavy (non-hydrogen) atoms.